The Morgan fingerprint density at radius 2 is 1.90 bits per heavy atom. The molecule has 8 heteroatoms. The van der Waals surface area contributed by atoms with E-state index in [1.54, 1.807) is 24.1 Å². The summed E-state index contributed by atoms with van der Waals surface area (Å²) in [5.74, 6) is -0.833. The number of hydrogen-bond donors (Lipinski definition) is 2. The molecule has 0 saturated heterocycles. The van der Waals surface area contributed by atoms with Crippen LogP contribution < -0.4 is 14.8 Å². The van der Waals surface area contributed by atoms with Gasteiger partial charge in [-0.1, -0.05) is 12.1 Å². The van der Waals surface area contributed by atoms with Crippen LogP contribution in [0.15, 0.2) is 36.4 Å². The van der Waals surface area contributed by atoms with Gasteiger partial charge >= 0.3 is 5.97 Å². The summed E-state index contributed by atoms with van der Waals surface area (Å²) in [5.41, 5.74) is 1.84. The number of carbonyl (C=O) groups is 2. The second-order valence-corrected chi connectivity index (χ2v) is 6.77. The molecule has 2 N–H and O–H groups in total. The van der Waals surface area contributed by atoms with E-state index in [9.17, 15) is 19.1 Å². The van der Waals surface area contributed by atoms with Crippen LogP contribution in [0.2, 0.25) is 0 Å². The van der Waals surface area contributed by atoms with Crippen molar-refractivity contribution in [3.05, 3.63) is 53.3 Å². The Morgan fingerprint density at radius 3 is 2.55 bits per heavy atom. The molecule has 0 saturated carbocycles. The zero-order valence-corrected chi connectivity index (χ0v) is 16.3. The van der Waals surface area contributed by atoms with E-state index in [1.807, 2.05) is 6.07 Å². The van der Waals surface area contributed by atoms with Crippen molar-refractivity contribution in [1.29, 1.82) is 0 Å². The highest BCUT2D eigenvalue weighted by Gasteiger charge is 2.32. The van der Waals surface area contributed by atoms with E-state index in [4.69, 9.17) is 9.47 Å². The third-order valence-electron chi connectivity index (χ3n) is 4.98. The lowest BCUT2D eigenvalue weighted by molar-refractivity contribution is -0.139. The van der Waals surface area contributed by atoms with E-state index >= 15 is 0 Å². The lowest BCUT2D eigenvalue weighted by atomic mass is 9.90. The van der Waals surface area contributed by atoms with Crippen LogP contribution in [0.5, 0.6) is 11.5 Å². The number of aliphatic carboxylic acids is 1. The number of rotatable bonds is 7. The maximum absolute atomic E-state index is 13.8. The van der Waals surface area contributed by atoms with E-state index in [0.29, 0.717) is 24.5 Å². The highest BCUT2D eigenvalue weighted by molar-refractivity contribution is 5.92. The van der Waals surface area contributed by atoms with Gasteiger partial charge in [0.1, 0.15) is 5.82 Å². The van der Waals surface area contributed by atoms with Crippen molar-refractivity contribution in [2.75, 3.05) is 32.6 Å². The second-order valence-electron chi connectivity index (χ2n) is 6.77. The summed E-state index contributed by atoms with van der Waals surface area (Å²) < 4.78 is 24.5. The summed E-state index contributed by atoms with van der Waals surface area (Å²) in [5, 5.41) is 12.0. The number of methoxy groups -OCH3 is 2. The first kappa shape index (κ1) is 20.6. The lowest BCUT2D eigenvalue weighted by Crippen LogP contribution is -2.41. The molecule has 1 amide bonds. The SMILES string of the molecule is COc1cc2c(cc1OC)[C@H](CC(=O)O)N(CC(=O)Nc1ccccc1F)CC2. The number of para-hydroxylation sites is 1. The van der Waals surface area contributed by atoms with Gasteiger partial charge in [0.15, 0.2) is 11.5 Å². The predicted molar refractivity (Wildman–Crippen MR) is 105 cm³/mol. The minimum atomic E-state index is -0.975. The van der Waals surface area contributed by atoms with Crippen LogP contribution in [0.4, 0.5) is 10.1 Å². The number of carbonyl (C=O) groups excluding carboxylic acids is 1. The number of halogens is 1. The molecule has 1 aliphatic rings. The number of fused-ring (bicyclic) bond motifs is 1. The maximum Gasteiger partial charge on any atom is 0.305 e. The molecule has 2 aromatic rings. The Kier molecular flexibility index (Phi) is 6.33. The third kappa shape index (κ3) is 4.65. The molecule has 0 fully saturated rings. The van der Waals surface area contributed by atoms with Gasteiger partial charge in [-0.15, -0.1) is 0 Å². The molecule has 1 atom stereocenters. The van der Waals surface area contributed by atoms with Crippen LogP contribution in [0.1, 0.15) is 23.6 Å². The normalized spacial score (nSPS) is 16.0. The summed E-state index contributed by atoms with van der Waals surface area (Å²) >= 11 is 0. The second kappa shape index (κ2) is 8.91. The Morgan fingerprint density at radius 1 is 1.21 bits per heavy atom. The van der Waals surface area contributed by atoms with E-state index < -0.39 is 23.7 Å². The average Bonchev–Trinajstić information content (AvgIpc) is 2.70. The van der Waals surface area contributed by atoms with Crippen LogP contribution in [0.25, 0.3) is 0 Å². The molecule has 0 aromatic heterocycles. The molecule has 0 aliphatic carbocycles. The molecule has 0 radical (unpaired) electrons. The standard InChI is InChI=1S/C21H23FN2O5/c1-28-18-9-13-7-8-24(12-20(25)23-16-6-4-3-5-15(16)22)17(11-21(26)27)14(13)10-19(18)29-2/h3-6,9-10,17H,7-8,11-12H2,1-2H3,(H,23,25)(H,26,27)/t17-/m0/s1. The number of ether oxygens (including phenoxy) is 2. The van der Waals surface area contributed by atoms with Gasteiger partial charge in [0.2, 0.25) is 5.91 Å². The number of anilines is 1. The third-order valence-corrected chi connectivity index (χ3v) is 4.98. The minimum absolute atomic E-state index is 0.0555. The number of carboxylic acid groups (broad SMARTS) is 1. The molecule has 29 heavy (non-hydrogen) atoms. The number of hydrogen-bond acceptors (Lipinski definition) is 5. The van der Waals surface area contributed by atoms with Crippen molar-refractivity contribution in [2.45, 2.75) is 18.9 Å². The summed E-state index contributed by atoms with van der Waals surface area (Å²) in [6, 6.07) is 9.01. The van der Waals surface area contributed by atoms with Crippen LogP contribution >= 0.6 is 0 Å². The number of amides is 1. The molecular formula is C21H23FN2O5. The van der Waals surface area contributed by atoms with Crippen LogP contribution in [0, 0.1) is 5.82 Å². The largest absolute Gasteiger partial charge is 0.493 e. The zero-order valence-electron chi connectivity index (χ0n) is 16.3. The van der Waals surface area contributed by atoms with Gasteiger partial charge in [-0.05, 0) is 41.8 Å². The smallest absolute Gasteiger partial charge is 0.305 e. The number of nitrogens with zero attached hydrogens (tertiary/aromatic N) is 1. The topological polar surface area (TPSA) is 88.1 Å². The molecule has 7 nitrogen and oxygen atoms in total. The average molecular weight is 402 g/mol. The lowest BCUT2D eigenvalue weighted by Gasteiger charge is -2.36. The van der Waals surface area contributed by atoms with E-state index in [2.05, 4.69) is 5.32 Å². The van der Waals surface area contributed by atoms with Crippen molar-refractivity contribution in [3.8, 4) is 11.5 Å². The molecule has 3 rings (SSSR count). The number of carboxylic acids is 1. The quantitative estimate of drug-likeness (QED) is 0.741. The van der Waals surface area contributed by atoms with Crippen molar-refractivity contribution >= 4 is 17.6 Å². The summed E-state index contributed by atoms with van der Waals surface area (Å²) in [6.07, 6.45) is 0.453. The van der Waals surface area contributed by atoms with Crippen LogP contribution in [-0.2, 0) is 16.0 Å². The van der Waals surface area contributed by atoms with Gasteiger partial charge < -0.3 is 19.9 Å². The first-order valence-corrected chi connectivity index (χ1v) is 9.18. The monoisotopic (exact) mass is 402 g/mol. The van der Waals surface area contributed by atoms with Crippen molar-refractivity contribution in [3.63, 3.8) is 0 Å². The summed E-state index contributed by atoms with van der Waals surface area (Å²) in [7, 11) is 3.06. The van der Waals surface area contributed by atoms with E-state index in [-0.39, 0.29) is 18.7 Å². The maximum atomic E-state index is 13.8. The summed E-state index contributed by atoms with van der Waals surface area (Å²) in [4.78, 5) is 25.8. The summed E-state index contributed by atoms with van der Waals surface area (Å²) in [6.45, 7) is 0.436. The molecule has 0 bridgehead atoms. The highest BCUT2D eigenvalue weighted by Crippen LogP contribution is 2.39. The van der Waals surface area contributed by atoms with Crippen LogP contribution in [0.3, 0.4) is 0 Å². The molecule has 154 valence electrons. The minimum Gasteiger partial charge on any atom is -0.493 e. The van der Waals surface area contributed by atoms with Crippen molar-refractivity contribution < 1.29 is 28.6 Å². The van der Waals surface area contributed by atoms with E-state index in [0.717, 1.165) is 11.1 Å². The fourth-order valence-corrected chi connectivity index (χ4v) is 3.61. The number of nitrogens with one attached hydrogen (secondary N) is 1. The van der Waals surface area contributed by atoms with Gasteiger partial charge in [-0.3, -0.25) is 14.5 Å². The fourth-order valence-electron chi connectivity index (χ4n) is 3.61. The Balaban J connectivity index is 1.84. The Bertz CT molecular complexity index is 918. The fraction of sp³-hybridized carbons (Fsp3) is 0.333. The first-order chi connectivity index (χ1) is 13.9. The van der Waals surface area contributed by atoms with E-state index in [1.165, 1.54) is 25.3 Å². The molecule has 0 unspecified atom stereocenters. The molecule has 0 spiro atoms. The van der Waals surface area contributed by atoms with Gasteiger partial charge in [-0.2, -0.15) is 0 Å². The van der Waals surface area contributed by atoms with Crippen molar-refractivity contribution in [1.82, 2.24) is 4.90 Å². The Hall–Kier alpha value is -3.13. The Labute approximate surface area is 168 Å². The van der Waals surface area contributed by atoms with Gasteiger partial charge in [0.25, 0.3) is 0 Å². The predicted octanol–water partition coefficient (Wildman–Crippen LogP) is 2.86. The molecule has 1 heterocycles. The zero-order chi connectivity index (χ0) is 21.0. The first-order valence-electron chi connectivity index (χ1n) is 9.18. The van der Waals surface area contributed by atoms with Crippen LogP contribution in [-0.4, -0.2) is 49.2 Å². The highest BCUT2D eigenvalue weighted by atomic mass is 19.1. The molecule has 2 aromatic carbocycles. The molecule has 1 aliphatic heterocycles. The van der Waals surface area contributed by atoms with Gasteiger partial charge in [-0.25, -0.2) is 4.39 Å². The molecular weight excluding hydrogens is 379 g/mol. The number of benzene rings is 2. The van der Waals surface area contributed by atoms with Crippen molar-refractivity contribution in [2.24, 2.45) is 0 Å². The van der Waals surface area contributed by atoms with Gasteiger partial charge in [0.05, 0.1) is 32.9 Å². The van der Waals surface area contributed by atoms with Gasteiger partial charge in [0, 0.05) is 12.6 Å².